The summed E-state index contributed by atoms with van der Waals surface area (Å²) in [6.45, 7) is 3.95. The number of likely N-dealkylation sites (N-methyl/N-ethyl adjacent to an activating group) is 1. The maximum Gasteiger partial charge on any atom is 0.165 e. The van der Waals surface area contributed by atoms with Gasteiger partial charge in [-0.1, -0.05) is 31.6 Å². The van der Waals surface area contributed by atoms with Gasteiger partial charge in [0.25, 0.3) is 0 Å². The molecule has 26 heavy (non-hydrogen) atoms. The highest BCUT2D eigenvalue weighted by Gasteiger charge is 2.64. The molecule has 0 amide bonds. The van der Waals surface area contributed by atoms with Crippen molar-refractivity contribution in [1.82, 2.24) is 4.90 Å². The zero-order chi connectivity index (χ0) is 17.2. The van der Waals surface area contributed by atoms with Gasteiger partial charge in [0.2, 0.25) is 0 Å². The van der Waals surface area contributed by atoms with Gasteiger partial charge in [-0.05, 0) is 44.5 Å². The third kappa shape index (κ3) is 2.22. The van der Waals surface area contributed by atoms with Gasteiger partial charge in [0.05, 0.1) is 6.61 Å². The summed E-state index contributed by atoms with van der Waals surface area (Å²) < 4.78 is 12.5. The number of benzene rings is 1. The first kappa shape index (κ1) is 18.1. The van der Waals surface area contributed by atoms with Crippen LogP contribution in [0.5, 0.6) is 11.5 Å². The van der Waals surface area contributed by atoms with Gasteiger partial charge in [-0.25, -0.2) is 0 Å². The molecule has 142 valence electrons. The van der Waals surface area contributed by atoms with Crippen molar-refractivity contribution in [2.24, 2.45) is 5.92 Å². The Morgan fingerprint density at radius 3 is 3.00 bits per heavy atom. The van der Waals surface area contributed by atoms with Crippen LogP contribution in [0.3, 0.4) is 0 Å². The molecule has 1 fully saturated rings. The van der Waals surface area contributed by atoms with Crippen LogP contribution in [0.2, 0.25) is 0 Å². The maximum atomic E-state index is 10.7. The van der Waals surface area contributed by atoms with Gasteiger partial charge in [-0.2, -0.15) is 0 Å². The third-order valence-electron chi connectivity index (χ3n) is 6.89. The predicted octanol–water partition coefficient (Wildman–Crippen LogP) is 3.09. The molecule has 5 heteroatoms. The SMILES string of the molecule is CCCCOc1ccc2c3c1OC1C(O)C=CC4C(C2)N(C)CCC341.Cl. The van der Waals surface area contributed by atoms with E-state index in [-0.39, 0.29) is 23.9 Å². The summed E-state index contributed by atoms with van der Waals surface area (Å²) in [6.07, 6.45) is 7.75. The molecule has 5 atom stereocenters. The molecule has 1 saturated heterocycles. The normalized spacial score (nSPS) is 36.1. The topological polar surface area (TPSA) is 41.9 Å². The van der Waals surface area contributed by atoms with E-state index in [2.05, 4.69) is 37.1 Å². The molecule has 0 saturated carbocycles. The van der Waals surface area contributed by atoms with Crippen molar-refractivity contribution in [2.75, 3.05) is 20.2 Å². The second-order valence-electron chi connectivity index (χ2n) is 8.11. The monoisotopic (exact) mass is 377 g/mol. The minimum absolute atomic E-state index is 0. The van der Waals surface area contributed by atoms with E-state index < -0.39 is 6.10 Å². The van der Waals surface area contributed by atoms with Crippen molar-refractivity contribution >= 4 is 12.4 Å². The lowest BCUT2D eigenvalue weighted by Crippen LogP contribution is -2.64. The molecule has 1 spiro atoms. The third-order valence-corrected chi connectivity index (χ3v) is 6.89. The molecule has 5 rings (SSSR count). The van der Waals surface area contributed by atoms with E-state index in [0.29, 0.717) is 12.0 Å². The van der Waals surface area contributed by atoms with Crippen LogP contribution in [0.1, 0.15) is 37.3 Å². The number of nitrogens with zero attached hydrogens (tertiary/aromatic N) is 1. The van der Waals surface area contributed by atoms with Gasteiger partial charge in [0, 0.05) is 22.9 Å². The van der Waals surface area contributed by atoms with Gasteiger partial charge < -0.3 is 19.5 Å². The van der Waals surface area contributed by atoms with Crippen LogP contribution in [-0.2, 0) is 11.8 Å². The number of rotatable bonds is 4. The van der Waals surface area contributed by atoms with E-state index in [4.69, 9.17) is 9.47 Å². The number of halogens is 1. The Bertz CT molecular complexity index is 736. The molecule has 2 aliphatic carbocycles. The van der Waals surface area contributed by atoms with Crippen molar-refractivity contribution in [3.63, 3.8) is 0 Å². The largest absolute Gasteiger partial charge is 0.490 e. The first-order chi connectivity index (χ1) is 12.2. The Morgan fingerprint density at radius 1 is 1.35 bits per heavy atom. The Morgan fingerprint density at radius 2 is 2.19 bits per heavy atom. The first-order valence-electron chi connectivity index (χ1n) is 9.69. The Labute approximate surface area is 161 Å². The molecule has 0 radical (unpaired) electrons. The lowest BCUT2D eigenvalue weighted by molar-refractivity contribution is -0.0454. The Hall–Kier alpha value is -1.23. The predicted molar refractivity (Wildman–Crippen MR) is 104 cm³/mol. The minimum Gasteiger partial charge on any atom is -0.490 e. The molecule has 1 aromatic rings. The van der Waals surface area contributed by atoms with E-state index in [1.807, 2.05) is 6.08 Å². The fourth-order valence-electron chi connectivity index (χ4n) is 5.67. The molecular formula is C21H28ClNO3. The van der Waals surface area contributed by atoms with Crippen molar-refractivity contribution in [2.45, 2.75) is 56.3 Å². The summed E-state index contributed by atoms with van der Waals surface area (Å²) in [4.78, 5) is 2.49. The van der Waals surface area contributed by atoms with E-state index in [1.54, 1.807) is 0 Å². The summed E-state index contributed by atoms with van der Waals surface area (Å²) >= 11 is 0. The number of hydrogen-bond donors (Lipinski definition) is 1. The van der Waals surface area contributed by atoms with Crippen LogP contribution in [0, 0.1) is 5.92 Å². The van der Waals surface area contributed by atoms with Crippen LogP contribution >= 0.6 is 12.4 Å². The quantitative estimate of drug-likeness (QED) is 0.646. The van der Waals surface area contributed by atoms with Gasteiger partial charge in [-0.15, -0.1) is 12.4 Å². The fourth-order valence-corrected chi connectivity index (χ4v) is 5.67. The number of unbranched alkanes of at least 4 members (excludes halogenated alkanes) is 1. The van der Waals surface area contributed by atoms with Crippen molar-refractivity contribution in [3.8, 4) is 11.5 Å². The molecule has 2 bridgehead atoms. The average molecular weight is 378 g/mol. The van der Waals surface area contributed by atoms with E-state index in [1.165, 1.54) is 11.1 Å². The zero-order valence-corrected chi connectivity index (χ0v) is 16.3. The summed E-state index contributed by atoms with van der Waals surface area (Å²) in [5, 5.41) is 10.7. The lowest BCUT2D eigenvalue weighted by atomic mass is 9.53. The van der Waals surface area contributed by atoms with E-state index in [9.17, 15) is 5.11 Å². The molecule has 2 aliphatic heterocycles. The van der Waals surface area contributed by atoms with Crippen LogP contribution in [0.4, 0.5) is 0 Å². The summed E-state index contributed by atoms with van der Waals surface area (Å²) in [7, 11) is 2.23. The highest BCUT2D eigenvalue weighted by Crippen LogP contribution is 2.62. The number of likely N-dealkylation sites (tertiary alicyclic amines) is 1. The van der Waals surface area contributed by atoms with E-state index in [0.717, 1.165) is 50.3 Å². The first-order valence-corrected chi connectivity index (χ1v) is 9.69. The van der Waals surface area contributed by atoms with Gasteiger partial charge in [0.1, 0.15) is 12.2 Å². The van der Waals surface area contributed by atoms with Gasteiger partial charge >= 0.3 is 0 Å². The van der Waals surface area contributed by atoms with Crippen LogP contribution < -0.4 is 9.47 Å². The van der Waals surface area contributed by atoms with Crippen molar-refractivity contribution in [3.05, 3.63) is 35.4 Å². The number of piperidine rings is 1. The fraction of sp³-hybridized carbons (Fsp3) is 0.619. The highest BCUT2D eigenvalue weighted by molar-refractivity contribution is 5.85. The summed E-state index contributed by atoms with van der Waals surface area (Å²) in [5.41, 5.74) is 2.64. The second-order valence-corrected chi connectivity index (χ2v) is 8.11. The van der Waals surface area contributed by atoms with Crippen molar-refractivity contribution in [1.29, 1.82) is 0 Å². The van der Waals surface area contributed by atoms with Crippen molar-refractivity contribution < 1.29 is 14.6 Å². The minimum atomic E-state index is -0.540. The maximum absolute atomic E-state index is 10.7. The average Bonchev–Trinajstić information content (AvgIpc) is 2.96. The standard InChI is InChI=1S/C21H27NO3.ClH/c1-3-4-11-24-17-8-5-13-12-15-14-6-7-16(23)20-21(14,9-10-22(15)2)18(13)19(17)25-20;/h5-8,14-16,20,23H,3-4,9-12H2,1-2H3;1H. The smallest absolute Gasteiger partial charge is 0.165 e. The summed E-state index contributed by atoms with van der Waals surface area (Å²) in [6, 6.07) is 4.81. The Kier molecular flexibility index (Phi) is 4.49. The molecule has 0 aromatic heterocycles. The molecule has 1 N–H and O–H groups in total. The molecule has 4 aliphatic rings. The van der Waals surface area contributed by atoms with Gasteiger partial charge in [-0.3, -0.25) is 0 Å². The summed E-state index contributed by atoms with van der Waals surface area (Å²) in [5.74, 6) is 2.19. The van der Waals surface area contributed by atoms with Crippen LogP contribution in [-0.4, -0.2) is 48.5 Å². The number of aliphatic hydroxyl groups excluding tert-OH is 1. The van der Waals surface area contributed by atoms with Crippen LogP contribution in [0.15, 0.2) is 24.3 Å². The number of ether oxygens (including phenoxy) is 2. The molecule has 4 nitrogen and oxygen atoms in total. The highest BCUT2D eigenvalue weighted by atomic mass is 35.5. The molecule has 5 unspecified atom stereocenters. The lowest BCUT2D eigenvalue weighted by Gasteiger charge is -2.56. The zero-order valence-electron chi connectivity index (χ0n) is 15.5. The number of aliphatic hydroxyl groups is 1. The van der Waals surface area contributed by atoms with E-state index >= 15 is 0 Å². The van der Waals surface area contributed by atoms with Gasteiger partial charge in [0.15, 0.2) is 11.5 Å². The molecular weight excluding hydrogens is 350 g/mol. The number of hydrogen-bond acceptors (Lipinski definition) is 4. The van der Waals surface area contributed by atoms with Crippen LogP contribution in [0.25, 0.3) is 0 Å². The molecule has 2 heterocycles. The second kappa shape index (κ2) is 6.43. The molecule has 1 aromatic carbocycles. The Balaban J connectivity index is 0.00000168.